The number of hydrogen-bond donors (Lipinski definition) is 0. The molecule has 7 heteroatoms. The third kappa shape index (κ3) is 2.71. The van der Waals surface area contributed by atoms with E-state index in [0.29, 0.717) is 42.3 Å². The molecule has 0 N–H and O–H groups in total. The van der Waals surface area contributed by atoms with Crippen LogP contribution in [0.4, 0.5) is 0 Å². The molecule has 0 radical (unpaired) electrons. The summed E-state index contributed by atoms with van der Waals surface area (Å²) in [5.41, 5.74) is -0.490. The molecule has 2 aliphatic heterocycles. The SMILES string of the molecule is COc1cc(C2C(=O)OC3(CCN(OC)CC3)C2=O)ccc1Cl. The van der Waals surface area contributed by atoms with Crippen molar-refractivity contribution in [3.63, 3.8) is 0 Å². The maximum absolute atomic E-state index is 12.9. The molecule has 0 aromatic heterocycles. The maximum atomic E-state index is 12.9. The number of halogens is 1. The van der Waals surface area contributed by atoms with Crippen molar-refractivity contribution in [2.45, 2.75) is 24.4 Å². The molecule has 3 rings (SSSR count). The second kappa shape index (κ2) is 6.11. The van der Waals surface area contributed by atoms with Crippen molar-refractivity contribution in [1.29, 1.82) is 0 Å². The van der Waals surface area contributed by atoms with E-state index in [0.717, 1.165) is 0 Å². The summed E-state index contributed by atoms with van der Waals surface area (Å²) < 4.78 is 10.7. The molecule has 2 aliphatic rings. The van der Waals surface area contributed by atoms with Crippen LogP contribution in [-0.4, -0.2) is 49.7 Å². The van der Waals surface area contributed by atoms with Gasteiger partial charge in [-0.25, -0.2) is 0 Å². The monoisotopic (exact) mass is 339 g/mol. The predicted molar refractivity (Wildman–Crippen MR) is 82.4 cm³/mol. The molecule has 1 spiro atoms. The van der Waals surface area contributed by atoms with Crippen LogP contribution in [0.2, 0.25) is 5.02 Å². The van der Waals surface area contributed by atoms with Crippen LogP contribution in [0.3, 0.4) is 0 Å². The molecule has 2 heterocycles. The second-order valence-corrected chi connectivity index (χ2v) is 6.13. The molecule has 1 atom stereocenters. The van der Waals surface area contributed by atoms with E-state index in [2.05, 4.69) is 0 Å². The minimum Gasteiger partial charge on any atom is -0.495 e. The van der Waals surface area contributed by atoms with Gasteiger partial charge in [0.2, 0.25) is 0 Å². The van der Waals surface area contributed by atoms with Crippen molar-refractivity contribution in [1.82, 2.24) is 5.06 Å². The molecule has 0 saturated carbocycles. The van der Waals surface area contributed by atoms with Gasteiger partial charge >= 0.3 is 5.97 Å². The summed E-state index contributed by atoms with van der Waals surface area (Å²) in [7, 11) is 3.07. The first-order valence-corrected chi connectivity index (χ1v) is 7.78. The van der Waals surface area contributed by atoms with Gasteiger partial charge in [0.15, 0.2) is 11.4 Å². The van der Waals surface area contributed by atoms with Crippen molar-refractivity contribution < 1.29 is 23.9 Å². The van der Waals surface area contributed by atoms with Crippen LogP contribution in [0.5, 0.6) is 5.75 Å². The normalized spacial score (nSPS) is 24.0. The molecule has 124 valence electrons. The highest BCUT2D eigenvalue weighted by Gasteiger charge is 2.56. The van der Waals surface area contributed by atoms with E-state index in [9.17, 15) is 9.59 Å². The van der Waals surface area contributed by atoms with E-state index in [1.807, 2.05) is 0 Å². The Labute approximate surface area is 139 Å². The summed E-state index contributed by atoms with van der Waals surface area (Å²) in [5.74, 6) is -1.19. The molecule has 1 aromatic carbocycles. The van der Waals surface area contributed by atoms with Gasteiger partial charge < -0.3 is 14.3 Å². The number of ether oxygens (including phenoxy) is 2. The quantitative estimate of drug-likeness (QED) is 0.619. The number of rotatable bonds is 3. The second-order valence-electron chi connectivity index (χ2n) is 5.72. The molecule has 2 fully saturated rings. The first kappa shape index (κ1) is 16.2. The van der Waals surface area contributed by atoms with E-state index >= 15 is 0 Å². The van der Waals surface area contributed by atoms with Crippen LogP contribution < -0.4 is 4.74 Å². The van der Waals surface area contributed by atoms with Crippen LogP contribution in [-0.2, 0) is 19.2 Å². The van der Waals surface area contributed by atoms with Gasteiger partial charge in [0.25, 0.3) is 0 Å². The van der Waals surface area contributed by atoms with Crippen molar-refractivity contribution >= 4 is 23.4 Å². The summed E-state index contributed by atoms with van der Waals surface area (Å²) in [5, 5.41) is 2.18. The molecular formula is C16H18ClNO5. The fourth-order valence-corrected chi connectivity index (χ4v) is 3.39. The van der Waals surface area contributed by atoms with Gasteiger partial charge in [-0.2, -0.15) is 5.06 Å². The first-order chi connectivity index (χ1) is 11.0. The topological polar surface area (TPSA) is 65.1 Å². The van der Waals surface area contributed by atoms with E-state index in [-0.39, 0.29) is 5.78 Å². The van der Waals surface area contributed by atoms with Gasteiger partial charge in [-0.1, -0.05) is 17.7 Å². The number of ketones is 1. The number of esters is 1. The van der Waals surface area contributed by atoms with Crippen LogP contribution >= 0.6 is 11.6 Å². The van der Waals surface area contributed by atoms with Gasteiger partial charge in [-0.05, 0) is 17.7 Å². The number of benzene rings is 1. The lowest BCUT2D eigenvalue weighted by molar-refractivity contribution is -0.184. The molecular weight excluding hydrogens is 322 g/mol. The fourth-order valence-electron chi connectivity index (χ4n) is 3.19. The molecule has 0 bridgehead atoms. The number of nitrogens with zero attached hydrogens (tertiary/aromatic N) is 1. The Morgan fingerprint density at radius 2 is 1.96 bits per heavy atom. The number of carbonyl (C=O) groups is 2. The third-order valence-corrected chi connectivity index (χ3v) is 4.85. The molecule has 0 aliphatic carbocycles. The van der Waals surface area contributed by atoms with Gasteiger partial charge in [0, 0.05) is 25.9 Å². The van der Waals surface area contributed by atoms with Gasteiger partial charge in [-0.15, -0.1) is 0 Å². The molecule has 23 heavy (non-hydrogen) atoms. The molecule has 6 nitrogen and oxygen atoms in total. The number of Topliss-reactive ketones (excluding diaryl/α,β-unsaturated/α-hetero) is 1. The van der Waals surface area contributed by atoms with Crippen molar-refractivity contribution in [3.8, 4) is 5.75 Å². The van der Waals surface area contributed by atoms with Crippen molar-refractivity contribution in [2.24, 2.45) is 0 Å². The average Bonchev–Trinajstić information content (AvgIpc) is 2.79. The minimum atomic E-state index is -1.04. The Morgan fingerprint density at radius 3 is 2.57 bits per heavy atom. The number of piperidine rings is 1. The highest BCUT2D eigenvalue weighted by Crippen LogP contribution is 2.42. The summed E-state index contributed by atoms with van der Waals surface area (Å²) in [4.78, 5) is 30.4. The Hall–Kier alpha value is -1.63. The summed E-state index contributed by atoms with van der Waals surface area (Å²) in [6, 6.07) is 4.91. The summed E-state index contributed by atoms with van der Waals surface area (Å²) in [6.07, 6.45) is 0.874. The van der Waals surface area contributed by atoms with Crippen molar-refractivity contribution in [2.75, 3.05) is 27.3 Å². The highest BCUT2D eigenvalue weighted by atomic mass is 35.5. The smallest absolute Gasteiger partial charge is 0.322 e. The Balaban J connectivity index is 1.88. The van der Waals surface area contributed by atoms with E-state index in [1.54, 1.807) is 30.4 Å². The molecule has 1 aromatic rings. The summed E-state index contributed by atoms with van der Waals surface area (Å²) >= 11 is 6.00. The molecule has 1 unspecified atom stereocenters. The zero-order valence-electron chi connectivity index (χ0n) is 13.0. The molecule has 2 saturated heterocycles. The lowest BCUT2D eigenvalue weighted by Gasteiger charge is -2.35. The first-order valence-electron chi connectivity index (χ1n) is 7.40. The zero-order valence-corrected chi connectivity index (χ0v) is 13.8. The van der Waals surface area contributed by atoms with Crippen LogP contribution in [0.25, 0.3) is 0 Å². The van der Waals surface area contributed by atoms with E-state index in [4.69, 9.17) is 25.9 Å². The maximum Gasteiger partial charge on any atom is 0.322 e. The zero-order chi connectivity index (χ0) is 16.6. The Morgan fingerprint density at radius 1 is 1.26 bits per heavy atom. The van der Waals surface area contributed by atoms with Crippen molar-refractivity contribution in [3.05, 3.63) is 28.8 Å². The number of carbonyl (C=O) groups excluding carboxylic acids is 2. The minimum absolute atomic E-state index is 0.192. The van der Waals surface area contributed by atoms with Crippen LogP contribution in [0.15, 0.2) is 18.2 Å². The largest absolute Gasteiger partial charge is 0.495 e. The Bertz CT molecular complexity index is 639. The standard InChI is InChI=1S/C16H18ClNO5/c1-21-12-9-10(3-4-11(12)17)13-14(19)16(23-15(13)20)5-7-18(22-2)8-6-16/h3-4,9,13H,5-8H2,1-2H3. The lowest BCUT2D eigenvalue weighted by atomic mass is 9.82. The number of hydrogen-bond acceptors (Lipinski definition) is 6. The average molecular weight is 340 g/mol. The summed E-state index contributed by atoms with van der Waals surface area (Å²) in [6.45, 7) is 1.10. The fraction of sp³-hybridized carbons (Fsp3) is 0.500. The van der Waals surface area contributed by atoms with Crippen LogP contribution in [0, 0.1) is 0 Å². The van der Waals surface area contributed by atoms with Gasteiger partial charge in [-0.3, -0.25) is 9.59 Å². The third-order valence-electron chi connectivity index (χ3n) is 4.54. The Kier molecular flexibility index (Phi) is 4.31. The van der Waals surface area contributed by atoms with Gasteiger partial charge in [0.05, 0.1) is 19.2 Å². The predicted octanol–water partition coefficient (Wildman–Crippen LogP) is 1.95. The highest BCUT2D eigenvalue weighted by molar-refractivity contribution is 6.32. The number of methoxy groups -OCH3 is 1. The van der Waals surface area contributed by atoms with E-state index < -0.39 is 17.5 Å². The van der Waals surface area contributed by atoms with Gasteiger partial charge in [0.1, 0.15) is 11.7 Å². The van der Waals surface area contributed by atoms with Crippen LogP contribution in [0.1, 0.15) is 24.3 Å². The van der Waals surface area contributed by atoms with E-state index in [1.165, 1.54) is 7.11 Å². The lowest BCUT2D eigenvalue weighted by Crippen LogP contribution is -2.48. The molecule has 0 amide bonds. The number of hydroxylamine groups is 2.